The molecule has 1 aliphatic rings. The van der Waals surface area contributed by atoms with Crippen LogP contribution in [0.15, 0.2) is 12.1 Å². The summed E-state index contributed by atoms with van der Waals surface area (Å²) in [5.74, 6) is 0.854. The number of carbonyl (C=O) groups is 1. The van der Waals surface area contributed by atoms with E-state index in [1.165, 1.54) is 19.3 Å². The van der Waals surface area contributed by atoms with Crippen molar-refractivity contribution in [1.29, 1.82) is 0 Å². The molecule has 0 spiro atoms. The number of aromatic nitrogens is 4. The van der Waals surface area contributed by atoms with E-state index in [1.807, 2.05) is 12.1 Å². The summed E-state index contributed by atoms with van der Waals surface area (Å²) in [6.07, 6.45) is 8.65. The smallest absolute Gasteiger partial charge is 0.409 e. The fraction of sp³-hybridized carbons (Fsp3) is 0.652. The molecular weight excluding hydrogens is 394 g/mol. The van der Waals surface area contributed by atoms with Gasteiger partial charge in [-0.2, -0.15) is 0 Å². The van der Waals surface area contributed by atoms with Crippen LogP contribution in [0.2, 0.25) is 0 Å². The lowest BCUT2D eigenvalue weighted by Crippen LogP contribution is -2.28. The molecule has 31 heavy (non-hydrogen) atoms. The second-order valence-corrected chi connectivity index (χ2v) is 8.21. The Morgan fingerprint density at radius 3 is 2.71 bits per heavy atom. The Bertz CT molecular complexity index is 861. The molecule has 0 saturated heterocycles. The molecule has 1 fully saturated rings. The fourth-order valence-corrected chi connectivity index (χ4v) is 3.81. The summed E-state index contributed by atoms with van der Waals surface area (Å²) in [6.45, 7) is 4.94. The minimum absolute atomic E-state index is 0.0948. The maximum atomic E-state index is 12.3. The van der Waals surface area contributed by atoms with E-state index in [2.05, 4.69) is 24.2 Å². The van der Waals surface area contributed by atoms with Gasteiger partial charge in [-0.1, -0.05) is 31.9 Å². The highest BCUT2D eigenvalue weighted by Crippen LogP contribution is 2.28. The van der Waals surface area contributed by atoms with Gasteiger partial charge in [-0.3, -0.25) is 0 Å². The molecule has 2 aromatic heterocycles. The minimum Gasteiger partial charge on any atom is -0.489 e. The highest BCUT2D eigenvalue weighted by Gasteiger charge is 2.20. The Morgan fingerprint density at radius 1 is 1.23 bits per heavy atom. The minimum atomic E-state index is -0.348. The highest BCUT2D eigenvalue weighted by atomic mass is 16.6. The third-order valence-electron chi connectivity index (χ3n) is 5.79. The molecule has 0 unspecified atom stereocenters. The number of hydrogen-bond donors (Lipinski definition) is 0. The molecular formula is C23H35N5O3. The summed E-state index contributed by atoms with van der Waals surface area (Å²) in [7, 11) is 3.54. The van der Waals surface area contributed by atoms with Gasteiger partial charge in [-0.05, 0) is 50.7 Å². The molecule has 1 aliphatic carbocycles. The Labute approximate surface area is 184 Å². The van der Waals surface area contributed by atoms with Crippen molar-refractivity contribution >= 4 is 6.09 Å². The molecule has 0 N–H and O–H groups in total. The first-order chi connectivity index (χ1) is 15.0. The first-order valence-electron chi connectivity index (χ1n) is 11.5. The second kappa shape index (κ2) is 11.1. The Balaban J connectivity index is 1.73. The number of pyridine rings is 1. The SMILES string of the molecule is CCCCN(C)C(=O)OCc1c(-c2ccc(OC3CCCCC3)c(CC)n2)nnn1C. The molecule has 0 aliphatic heterocycles. The maximum Gasteiger partial charge on any atom is 0.409 e. The van der Waals surface area contributed by atoms with Crippen molar-refractivity contribution in [2.24, 2.45) is 7.05 Å². The maximum absolute atomic E-state index is 12.3. The van der Waals surface area contributed by atoms with Crippen LogP contribution in [0, 0.1) is 0 Å². The number of unbranched alkanes of at least 4 members (excludes halogenated alkanes) is 1. The van der Waals surface area contributed by atoms with Gasteiger partial charge < -0.3 is 14.4 Å². The lowest BCUT2D eigenvalue weighted by molar-refractivity contribution is 0.102. The normalized spacial score (nSPS) is 14.5. The van der Waals surface area contributed by atoms with Gasteiger partial charge in [-0.25, -0.2) is 14.5 Å². The predicted octanol–water partition coefficient (Wildman–Crippen LogP) is 4.52. The van der Waals surface area contributed by atoms with E-state index < -0.39 is 0 Å². The number of amides is 1. The zero-order valence-electron chi connectivity index (χ0n) is 19.3. The molecule has 170 valence electrons. The number of aryl methyl sites for hydroxylation is 2. The summed E-state index contributed by atoms with van der Waals surface area (Å²) in [4.78, 5) is 18.7. The van der Waals surface area contributed by atoms with Crippen molar-refractivity contribution in [3.8, 4) is 17.1 Å². The van der Waals surface area contributed by atoms with Crippen molar-refractivity contribution in [1.82, 2.24) is 24.9 Å². The average Bonchev–Trinajstić information content (AvgIpc) is 3.16. The van der Waals surface area contributed by atoms with Crippen molar-refractivity contribution < 1.29 is 14.3 Å². The Morgan fingerprint density at radius 2 is 2.00 bits per heavy atom. The monoisotopic (exact) mass is 429 g/mol. The summed E-state index contributed by atoms with van der Waals surface area (Å²) < 4.78 is 13.4. The second-order valence-electron chi connectivity index (χ2n) is 8.21. The zero-order valence-corrected chi connectivity index (χ0v) is 19.3. The van der Waals surface area contributed by atoms with Gasteiger partial charge in [0.1, 0.15) is 23.7 Å². The van der Waals surface area contributed by atoms with Crippen molar-refractivity contribution in [3.63, 3.8) is 0 Å². The molecule has 1 amide bonds. The van der Waals surface area contributed by atoms with Crippen LogP contribution in [0.4, 0.5) is 4.79 Å². The van der Waals surface area contributed by atoms with Crippen molar-refractivity contribution in [2.45, 2.75) is 77.9 Å². The van der Waals surface area contributed by atoms with E-state index in [0.717, 1.165) is 43.5 Å². The van der Waals surface area contributed by atoms with Crippen LogP contribution in [0.25, 0.3) is 11.4 Å². The van der Waals surface area contributed by atoms with Gasteiger partial charge in [0, 0.05) is 20.6 Å². The van der Waals surface area contributed by atoms with Crippen LogP contribution < -0.4 is 4.74 Å². The zero-order chi connectivity index (χ0) is 22.2. The third-order valence-corrected chi connectivity index (χ3v) is 5.79. The quantitative estimate of drug-likeness (QED) is 0.583. The van der Waals surface area contributed by atoms with E-state index >= 15 is 0 Å². The van der Waals surface area contributed by atoms with Crippen LogP contribution in [0.1, 0.15) is 70.2 Å². The Hall–Kier alpha value is -2.64. The highest BCUT2D eigenvalue weighted by molar-refractivity contribution is 5.67. The largest absolute Gasteiger partial charge is 0.489 e. The molecule has 3 rings (SSSR count). The van der Waals surface area contributed by atoms with Gasteiger partial charge >= 0.3 is 6.09 Å². The number of carbonyl (C=O) groups excluding carboxylic acids is 1. The van der Waals surface area contributed by atoms with E-state index in [0.29, 0.717) is 23.6 Å². The fourth-order valence-electron chi connectivity index (χ4n) is 3.81. The van der Waals surface area contributed by atoms with Crippen LogP contribution in [-0.4, -0.2) is 50.7 Å². The average molecular weight is 430 g/mol. The van der Waals surface area contributed by atoms with Gasteiger partial charge in [0.2, 0.25) is 0 Å². The van der Waals surface area contributed by atoms with E-state index in [-0.39, 0.29) is 18.8 Å². The standard InChI is InChI=1S/C23H35N5O3/c1-5-7-15-27(3)23(29)30-16-20-22(25-26-28(20)4)19-13-14-21(18(6-2)24-19)31-17-11-9-8-10-12-17/h13-14,17H,5-12,15-16H2,1-4H3. The number of hydrogen-bond acceptors (Lipinski definition) is 6. The molecule has 0 atom stereocenters. The molecule has 8 nitrogen and oxygen atoms in total. The van der Waals surface area contributed by atoms with E-state index in [9.17, 15) is 4.79 Å². The number of rotatable bonds is 9. The van der Waals surface area contributed by atoms with Crippen molar-refractivity contribution in [2.75, 3.05) is 13.6 Å². The van der Waals surface area contributed by atoms with E-state index in [1.54, 1.807) is 23.7 Å². The van der Waals surface area contributed by atoms with Crippen LogP contribution in [-0.2, 0) is 24.8 Å². The lowest BCUT2D eigenvalue weighted by atomic mass is 9.98. The molecule has 1 saturated carbocycles. The molecule has 8 heteroatoms. The predicted molar refractivity (Wildman–Crippen MR) is 119 cm³/mol. The summed E-state index contributed by atoms with van der Waals surface area (Å²) in [5, 5.41) is 8.41. The third kappa shape index (κ3) is 5.95. The van der Waals surface area contributed by atoms with Gasteiger partial charge in [0.15, 0.2) is 0 Å². The van der Waals surface area contributed by atoms with Crippen LogP contribution in [0.3, 0.4) is 0 Å². The molecule has 0 aromatic carbocycles. The molecule has 2 heterocycles. The molecule has 2 aromatic rings. The molecule has 0 radical (unpaired) electrons. The van der Waals surface area contributed by atoms with E-state index in [4.69, 9.17) is 14.5 Å². The van der Waals surface area contributed by atoms with Gasteiger partial charge in [-0.15, -0.1) is 5.10 Å². The van der Waals surface area contributed by atoms with Crippen LogP contribution >= 0.6 is 0 Å². The molecule has 0 bridgehead atoms. The summed E-state index contributed by atoms with van der Waals surface area (Å²) >= 11 is 0. The van der Waals surface area contributed by atoms with Crippen molar-refractivity contribution in [3.05, 3.63) is 23.5 Å². The lowest BCUT2D eigenvalue weighted by Gasteiger charge is -2.24. The summed E-state index contributed by atoms with van der Waals surface area (Å²) in [5.41, 5.74) is 2.97. The Kier molecular flexibility index (Phi) is 8.26. The first kappa shape index (κ1) is 23.0. The number of ether oxygens (including phenoxy) is 2. The number of nitrogens with zero attached hydrogens (tertiary/aromatic N) is 5. The van der Waals surface area contributed by atoms with Gasteiger partial charge in [0.05, 0.1) is 17.5 Å². The van der Waals surface area contributed by atoms with Gasteiger partial charge in [0.25, 0.3) is 0 Å². The summed E-state index contributed by atoms with van der Waals surface area (Å²) in [6, 6.07) is 3.90. The van der Waals surface area contributed by atoms with Crippen LogP contribution in [0.5, 0.6) is 5.75 Å². The topological polar surface area (TPSA) is 82.4 Å². The first-order valence-corrected chi connectivity index (χ1v) is 11.5.